The second-order valence-electron chi connectivity index (χ2n) is 3.72. The molecule has 5 nitrogen and oxygen atoms in total. The van der Waals surface area contributed by atoms with Crippen molar-refractivity contribution in [3.05, 3.63) is 41.2 Å². The number of rotatable bonds is 3. The maximum atomic E-state index is 13.4. The number of halogens is 2. The number of benzene rings is 1. The standard InChI is InChI=1S/C10H11F2N5/c1-6(13)10-14-15-16-17(10)5-7-4-8(11)2-3-9(7)12/h2-4,6H,5,13H2,1H3. The van der Waals surface area contributed by atoms with Crippen molar-refractivity contribution in [1.29, 1.82) is 0 Å². The van der Waals surface area contributed by atoms with E-state index < -0.39 is 11.6 Å². The van der Waals surface area contributed by atoms with E-state index in [2.05, 4.69) is 15.5 Å². The number of nitrogens with zero attached hydrogens (tertiary/aromatic N) is 4. The zero-order chi connectivity index (χ0) is 12.4. The lowest BCUT2D eigenvalue weighted by atomic mass is 10.2. The monoisotopic (exact) mass is 239 g/mol. The lowest BCUT2D eigenvalue weighted by molar-refractivity contribution is 0.542. The molecular weight excluding hydrogens is 228 g/mol. The van der Waals surface area contributed by atoms with Crippen LogP contribution in [0.4, 0.5) is 8.78 Å². The Hall–Kier alpha value is -1.89. The highest BCUT2D eigenvalue weighted by atomic mass is 19.1. The van der Waals surface area contributed by atoms with E-state index in [4.69, 9.17) is 5.73 Å². The Morgan fingerprint density at radius 3 is 2.88 bits per heavy atom. The van der Waals surface area contributed by atoms with Gasteiger partial charge in [-0.05, 0) is 35.5 Å². The minimum absolute atomic E-state index is 0.0491. The van der Waals surface area contributed by atoms with Crippen LogP contribution in [0.5, 0.6) is 0 Å². The summed E-state index contributed by atoms with van der Waals surface area (Å²) < 4.78 is 27.7. The predicted octanol–water partition coefficient (Wildman–Crippen LogP) is 1.02. The Balaban J connectivity index is 2.31. The molecule has 2 N–H and O–H groups in total. The van der Waals surface area contributed by atoms with E-state index in [-0.39, 0.29) is 18.2 Å². The predicted molar refractivity (Wildman–Crippen MR) is 55.9 cm³/mol. The molecule has 0 amide bonds. The summed E-state index contributed by atoms with van der Waals surface area (Å²) in [5.41, 5.74) is 5.83. The van der Waals surface area contributed by atoms with Gasteiger partial charge in [0, 0.05) is 5.56 Å². The summed E-state index contributed by atoms with van der Waals surface area (Å²) in [6, 6.07) is 2.87. The van der Waals surface area contributed by atoms with Gasteiger partial charge in [0.05, 0.1) is 12.6 Å². The largest absolute Gasteiger partial charge is 0.322 e. The van der Waals surface area contributed by atoms with Crippen LogP contribution in [0.2, 0.25) is 0 Å². The van der Waals surface area contributed by atoms with Gasteiger partial charge in [0.15, 0.2) is 5.82 Å². The quantitative estimate of drug-likeness (QED) is 0.868. The van der Waals surface area contributed by atoms with Gasteiger partial charge in [0.1, 0.15) is 11.6 Å². The Morgan fingerprint density at radius 1 is 1.41 bits per heavy atom. The Bertz CT molecular complexity index is 523. The first-order valence-electron chi connectivity index (χ1n) is 5.03. The topological polar surface area (TPSA) is 69.6 Å². The van der Waals surface area contributed by atoms with Gasteiger partial charge in [-0.2, -0.15) is 0 Å². The summed E-state index contributed by atoms with van der Waals surface area (Å²) >= 11 is 0. The number of hydrogen-bond acceptors (Lipinski definition) is 4. The minimum Gasteiger partial charge on any atom is -0.322 e. The molecule has 2 rings (SSSR count). The Kier molecular flexibility index (Phi) is 3.10. The van der Waals surface area contributed by atoms with Crippen LogP contribution < -0.4 is 5.73 Å². The van der Waals surface area contributed by atoms with Crippen LogP contribution in [0.3, 0.4) is 0 Å². The maximum absolute atomic E-state index is 13.4. The molecule has 90 valence electrons. The van der Waals surface area contributed by atoms with Crippen LogP contribution in [0.15, 0.2) is 18.2 Å². The van der Waals surface area contributed by atoms with Crippen molar-refractivity contribution < 1.29 is 8.78 Å². The third-order valence-electron chi connectivity index (χ3n) is 2.29. The van der Waals surface area contributed by atoms with Gasteiger partial charge in [-0.3, -0.25) is 0 Å². The molecule has 0 aliphatic carbocycles. The maximum Gasteiger partial charge on any atom is 0.168 e. The lowest BCUT2D eigenvalue weighted by Crippen LogP contribution is -2.15. The van der Waals surface area contributed by atoms with Crippen molar-refractivity contribution in [2.45, 2.75) is 19.5 Å². The van der Waals surface area contributed by atoms with Crippen molar-refractivity contribution >= 4 is 0 Å². The first-order valence-corrected chi connectivity index (χ1v) is 5.03. The summed E-state index contributed by atoms with van der Waals surface area (Å²) in [5.74, 6) is -0.581. The Labute approximate surface area is 96.2 Å². The van der Waals surface area contributed by atoms with Gasteiger partial charge >= 0.3 is 0 Å². The number of nitrogens with two attached hydrogens (primary N) is 1. The van der Waals surface area contributed by atoms with Gasteiger partial charge in [-0.1, -0.05) is 0 Å². The first-order chi connectivity index (χ1) is 8.08. The summed E-state index contributed by atoms with van der Waals surface area (Å²) in [5, 5.41) is 10.9. The number of tetrazole rings is 1. The molecule has 1 heterocycles. The molecule has 0 fully saturated rings. The molecule has 0 bridgehead atoms. The molecule has 0 aliphatic heterocycles. The number of hydrogen-bond donors (Lipinski definition) is 1. The zero-order valence-electron chi connectivity index (χ0n) is 9.14. The van der Waals surface area contributed by atoms with E-state index in [0.717, 1.165) is 18.2 Å². The average molecular weight is 239 g/mol. The van der Waals surface area contributed by atoms with Crippen molar-refractivity contribution in [2.75, 3.05) is 0 Å². The lowest BCUT2D eigenvalue weighted by Gasteiger charge is -2.07. The highest BCUT2D eigenvalue weighted by Crippen LogP contribution is 2.13. The molecular formula is C10H11F2N5. The third-order valence-corrected chi connectivity index (χ3v) is 2.29. The van der Waals surface area contributed by atoms with Crippen LogP contribution in [0.25, 0.3) is 0 Å². The minimum atomic E-state index is -0.503. The van der Waals surface area contributed by atoms with Crippen LogP contribution in [-0.2, 0) is 6.54 Å². The van der Waals surface area contributed by atoms with Gasteiger partial charge in [-0.25, -0.2) is 13.5 Å². The molecule has 2 aromatic rings. The molecule has 1 aromatic carbocycles. The van der Waals surface area contributed by atoms with Gasteiger partial charge in [0.2, 0.25) is 0 Å². The van der Waals surface area contributed by atoms with Crippen molar-refractivity contribution in [3.8, 4) is 0 Å². The van der Waals surface area contributed by atoms with Crippen molar-refractivity contribution in [2.24, 2.45) is 5.73 Å². The summed E-state index contributed by atoms with van der Waals surface area (Å²) in [6.45, 7) is 1.76. The van der Waals surface area contributed by atoms with Gasteiger partial charge < -0.3 is 5.73 Å². The van der Waals surface area contributed by atoms with E-state index in [0.29, 0.717) is 5.82 Å². The van der Waals surface area contributed by atoms with E-state index in [9.17, 15) is 8.78 Å². The zero-order valence-corrected chi connectivity index (χ0v) is 9.14. The van der Waals surface area contributed by atoms with Crippen LogP contribution in [0, 0.1) is 11.6 Å². The van der Waals surface area contributed by atoms with Gasteiger partial charge in [0.25, 0.3) is 0 Å². The molecule has 0 aliphatic rings. The average Bonchev–Trinajstić information content (AvgIpc) is 2.71. The van der Waals surface area contributed by atoms with E-state index in [1.807, 2.05) is 0 Å². The van der Waals surface area contributed by atoms with Crippen LogP contribution in [0.1, 0.15) is 24.4 Å². The molecule has 0 radical (unpaired) electrons. The SMILES string of the molecule is CC(N)c1nnnn1Cc1cc(F)ccc1F. The third kappa shape index (κ3) is 2.44. The van der Waals surface area contributed by atoms with E-state index in [1.165, 1.54) is 4.68 Å². The smallest absolute Gasteiger partial charge is 0.168 e. The molecule has 1 unspecified atom stereocenters. The summed E-state index contributed by atoms with van der Waals surface area (Å²) in [6.07, 6.45) is 0. The van der Waals surface area contributed by atoms with Crippen LogP contribution in [-0.4, -0.2) is 20.2 Å². The fraction of sp³-hybridized carbons (Fsp3) is 0.300. The molecule has 1 atom stereocenters. The molecule has 1 aromatic heterocycles. The molecule has 7 heteroatoms. The second kappa shape index (κ2) is 4.54. The second-order valence-corrected chi connectivity index (χ2v) is 3.72. The fourth-order valence-corrected chi connectivity index (χ4v) is 1.48. The van der Waals surface area contributed by atoms with Gasteiger partial charge in [-0.15, -0.1) is 5.10 Å². The molecule has 0 saturated carbocycles. The molecule has 0 saturated heterocycles. The van der Waals surface area contributed by atoms with Crippen molar-refractivity contribution in [3.63, 3.8) is 0 Å². The first kappa shape index (κ1) is 11.6. The van der Waals surface area contributed by atoms with Crippen molar-refractivity contribution in [1.82, 2.24) is 20.2 Å². The highest BCUT2D eigenvalue weighted by Gasteiger charge is 2.13. The highest BCUT2D eigenvalue weighted by molar-refractivity contribution is 5.19. The van der Waals surface area contributed by atoms with Crippen LogP contribution >= 0.6 is 0 Å². The van der Waals surface area contributed by atoms with E-state index in [1.54, 1.807) is 6.92 Å². The molecule has 17 heavy (non-hydrogen) atoms. The summed E-state index contributed by atoms with van der Waals surface area (Å²) in [7, 11) is 0. The fourth-order valence-electron chi connectivity index (χ4n) is 1.48. The number of aromatic nitrogens is 4. The normalized spacial score (nSPS) is 12.7. The molecule has 0 spiro atoms. The van der Waals surface area contributed by atoms with E-state index >= 15 is 0 Å². The summed E-state index contributed by atoms with van der Waals surface area (Å²) in [4.78, 5) is 0. The Morgan fingerprint density at radius 2 is 2.18 bits per heavy atom.